The van der Waals surface area contributed by atoms with Crippen molar-refractivity contribution in [2.75, 3.05) is 13.1 Å². The second-order valence-corrected chi connectivity index (χ2v) is 2.49. The molecule has 0 spiro atoms. The number of halogens is 5. The van der Waals surface area contributed by atoms with Crippen LogP contribution >= 0.6 is 12.4 Å². The highest BCUT2D eigenvalue weighted by atomic mass is 35.5. The molecule has 0 aromatic heterocycles. The van der Waals surface area contributed by atoms with Gasteiger partial charge in [-0.05, 0) is 0 Å². The van der Waals surface area contributed by atoms with Crippen molar-refractivity contribution in [2.24, 2.45) is 0 Å². The summed E-state index contributed by atoms with van der Waals surface area (Å²) in [7, 11) is 0. The molecule has 6 heteroatoms. The fourth-order valence-electron chi connectivity index (χ4n) is 0.932. The summed E-state index contributed by atoms with van der Waals surface area (Å²) in [5.74, 6) is -6.50. The topological polar surface area (TPSA) is 12.0 Å². The number of hydrogen-bond donors (Lipinski definition) is 1. The molecule has 1 aliphatic heterocycles. The van der Waals surface area contributed by atoms with Crippen LogP contribution in [0.1, 0.15) is 6.42 Å². The van der Waals surface area contributed by atoms with Crippen molar-refractivity contribution in [3.8, 4) is 0 Å². The van der Waals surface area contributed by atoms with Crippen LogP contribution in [-0.4, -0.2) is 24.9 Å². The van der Waals surface area contributed by atoms with Gasteiger partial charge in [0, 0.05) is 0 Å². The molecule has 0 atom stereocenters. The molecule has 1 heterocycles. The summed E-state index contributed by atoms with van der Waals surface area (Å²) in [5, 5.41) is 1.97. The Balaban J connectivity index is 0.000001000. The van der Waals surface area contributed by atoms with Gasteiger partial charge in [-0.25, -0.2) is 17.6 Å². The molecule has 0 aromatic rings. The second-order valence-electron chi connectivity index (χ2n) is 2.49. The van der Waals surface area contributed by atoms with Crippen molar-refractivity contribution < 1.29 is 17.6 Å². The minimum atomic E-state index is -3.25. The number of rotatable bonds is 0. The molecule has 1 rings (SSSR count). The van der Waals surface area contributed by atoms with Crippen molar-refractivity contribution >= 4 is 12.4 Å². The monoisotopic (exact) mass is 193 g/mol. The van der Waals surface area contributed by atoms with Crippen LogP contribution in [0.25, 0.3) is 0 Å². The van der Waals surface area contributed by atoms with E-state index in [0.29, 0.717) is 0 Å². The third-order valence-electron chi connectivity index (χ3n) is 1.28. The average Bonchev–Trinajstić information content (AvgIpc) is 1.56. The van der Waals surface area contributed by atoms with Gasteiger partial charge in [-0.2, -0.15) is 0 Å². The quantitative estimate of drug-likeness (QED) is 0.577. The first-order chi connectivity index (χ1) is 4.41. The lowest BCUT2D eigenvalue weighted by atomic mass is 10.1. The fraction of sp³-hybridized carbons (Fsp3) is 1.00. The maximum Gasteiger partial charge on any atom is 0.266 e. The predicted octanol–water partition coefficient (Wildman–Crippen LogP) is 1.67. The van der Waals surface area contributed by atoms with Crippen molar-refractivity contribution in [3.05, 3.63) is 0 Å². The highest BCUT2D eigenvalue weighted by Crippen LogP contribution is 2.32. The highest BCUT2D eigenvalue weighted by molar-refractivity contribution is 5.85. The number of alkyl halides is 4. The smallest absolute Gasteiger partial charge is 0.266 e. The van der Waals surface area contributed by atoms with E-state index in [1.54, 1.807) is 0 Å². The van der Waals surface area contributed by atoms with E-state index in [-0.39, 0.29) is 12.4 Å². The standard InChI is InChI=1S/C5H7F4N.ClH/c6-4(7)1-5(8,9)3-10-2-4;/h10H,1-3H2;1H. The molecule has 68 valence electrons. The van der Waals surface area contributed by atoms with E-state index in [4.69, 9.17) is 0 Å². The minimum absolute atomic E-state index is 0. The van der Waals surface area contributed by atoms with Crippen molar-refractivity contribution in [3.63, 3.8) is 0 Å². The van der Waals surface area contributed by atoms with E-state index < -0.39 is 31.4 Å². The molecule has 11 heavy (non-hydrogen) atoms. The molecule has 0 aromatic carbocycles. The molecule has 1 aliphatic rings. The maximum atomic E-state index is 12.2. The van der Waals surface area contributed by atoms with Crippen LogP contribution in [0.4, 0.5) is 17.6 Å². The molecule has 0 saturated carbocycles. The summed E-state index contributed by atoms with van der Waals surface area (Å²) in [6.45, 7) is -1.27. The molecule has 0 bridgehead atoms. The molecule has 0 amide bonds. The second kappa shape index (κ2) is 3.15. The lowest BCUT2D eigenvalue weighted by molar-refractivity contribution is -0.131. The largest absolute Gasteiger partial charge is 0.306 e. The summed E-state index contributed by atoms with van der Waals surface area (Å²) in [6.07, 6.45) is -1.33. The predicted molar refractivity (Wildman–Crippen MR) is 34.6 cm³/mol. The van der Waals surface area contributed by atoms with Gasteiger partial charge in [-0.15, -0.1) is 12.4 Å². The Bertz CT molecular complexity index is 124. The molecule has 0 aliphatic carbocycles. The van der Waals surface area contributed by atoms with Gasteiger partial charge >= 0.3 is 0 Å². The molecular formula is C5H8ClF4N. The molecule has 1 fully saturated rings. The molecule has 1 nitrogen and oxygen atoms in total. The maximum absolute atomic E-state index is 12.2. The Morgan fingerprint density at radius 2 is 1.27 bits per heavy atom. The zero-order valence-electron chi connectivity index (χ0n) is 5.54. The molecule has 0 radical (unpaired) electrons. The van der Waals surface area contributed by atoms with Crippen LogP contribution in [0.15, 0.2) is 0 Å². The van der Waals surface area contributed by atoms with Crippen molar-refractivity contribution in [1.29, 1.82) is 0 Å². The zero-order valence-corrected chi connectivity index (χ0v) is 6.36. The van der Waals surface area contributed by atoms with Crippen molar-refractivity contribution in [2.45, 2.75) is 18.3 Å². The Kier molecular flexibility index (Phi) is 3.14. The SMILES string of the molecule is Cl.FC1(F)CNCC(F)(F)C1. The average molecular weight is 194 g/mol. The van der Waals surface area contributed by atoms with Gasteiger partial charge in [0.15, 0.2) is 0 Å². The van der Waals surface area contributed by atoms with E-state index in [1.165, 1.54) is 0 Å². The normalized spacial score (nSPS) is 27.3. The van der Waals surface area contributed by atoms with Crippen LogP contribution in [0.2, 0.25) is 0 Å². The van der Waals surface area contributed by atoms with Crippen LogP contribution in [0.3, 0.4) is 0 Å². The van der Waals surface area contributed by atoms with Gasteiger partial charge < -0.3 is 5.32 Å². The zero-order chi connectivity index (χ0) is 7.83. The van der Waals surface area contributed by atoms with Crippen molar-refractivity contribution in [1.82, 2.24) is 5.32 Å². The van der Waals surface area contributed by atoms with E-state index in [0.717, 1.165) is 0 Å². The Morgan fingerprint density at radius 3 is 1.45 bits per heavy atom. The van der Waals surface area contributed by atoms with Gasteiger partial charge in [0.25, 0.3) is 11.8 Å². The minimum Gasteiger partial charge on any atom is -0.306 e. The fourth-order valence-corrected chi connectivity index (χ4v) is 0.932. The van der Waals surface area contributed by atoms with Gasteiger partial charge in [-0.1, -0.05) is 0 Å². The number of piperidine rings is 1. The Hall–Kier alpha value is -0.0300. The molecule has 0 unspecified atom stereocenters. The number of hydrogen-bond acceptors (Lipinski definition) is 1. The number of nitrogens with one attached hydrogen (secondary N) is 1. The summed E-state index contributed by atoms with van der Waals surface area (Å²) < 4.78 is 48.6. The van der Waals surface area contributed by atoms with Crippen LogP contribution in [0, 0.1) is 0 Å². The first-order valence-corrected chi connectivity index (χ1v) is 2.88. The summed E-state index contributed by atoms with van der Waals surface area (Å²) in [6, 6.07) is 0. The third-order valence-corrected chi connectivity index (χ3v) is 1.28. The molecule has 1 saturated heterocycles. The first-order valence-electron chi connectivity index (χ1n) is 2.88. The van der Waals surface area contributed by atoms with Gasteiger partial charge in [0.05, 0.1) is 19.5 Å². The summed E-state index contributed by atoms with van der Waals surface area (Å²) in [5.41, 5.74) is 0. The van der Waals surface area contributed by atoms with E-state index in [1.807, 2.05) is 5.32 Å². The molecular weight excluding hydrogens is 186 g/mol. The van der Waals surface area contributed by atoms with Gasteiger partial charge in [0.2, 0.25) is 0 Å². The van der Waals surface area contributed by atoms with E-state index in [2.05, 4.69) is 0 Å². The van der Waals surface area contributed by atoms with Crippen LogP contribution in [-0.2, 0) is 0 Å². The lowest BCUT2D eigenvalue weighted by Crippen LogP contribution is -2.50. The molecule has 1 N–H and O–H groups in total. The summed E-state index contributed by atoms with van der Waals surface area (Å²) in [4.78, 5) is 0. The first kappa shape index (κ1) is 11.0. The van der Waals surface area contributed by atoms with Crippen LogP contribution in [0.5, 0.6) is 0 Å². The summed E-state index contributed by atoms with van der Waals surface area (Å²) >= 11 is 0. The van der Waals surface area contributed by atoms with E-state index >= 15 is 0 Å². The van der Waals surface area contributed by atoms with Gasteiger partial charge in [0.1, 0.15) is 0 Å². The lowest BCUT2D eigenvalue weighted by Gasteiger charge is -2.29. The third kappa shape index (κ3) is 3.25. The Morgan fingerprint density at radius 1 is 0.909 bits per heavy atom. The highest BCUT2D eigenvalue weighted by Gasteiger charge is 2.46. The van der Waals surface area contributed by atoms with Crippen LogP contribution < -0.4 is 5.32 Å². The van der Waals surface area contributed by atoms with Gasteiger partial charge in [-0.3, -0.25) is 0 Å². The Labute approximate surface area is 67.6 Å². The van der Waals surface area contributed by atoms with E-state index in [9.17, 15) is 17.6 Å².